The first-order valence-corrected chi connectivity index (χ1v) is 6.04. The first kappa shape index (κ1) is 10.5. The molecule has 0 radical (unpaired) electrons. The van der Waals surface area contributed by atoms with Gasteiger partial charge in [-0.25, -0.2) is 4.98 Å². The van der Waals surface area contributed by atoms with E-state index in [0.29, 0.717) is 11.7 Å². The van der Waals surface area contributed by atoms with Crippen molar-refractivity contribution in [2.75, 3.05) is 18.8 Å². The van der Waals surface area contributed by atoms with E-state index < -0.39 is 0 Å². The number of aromatic nitrogens is 3. The van der Waals surface area contributed by atoms with Gasteiger partial charge >= 0.3 is 0 Å². The van der Waals surface area contributed by atoms with Crippen LogP contribution in [0.2, 0.25) is 0 Å². The fourth-order valence-electron chi connectivity index (χ4n) is 2.44. The summed E-state index contributed by atoms with van der Waals surface area (Å²) >= 11 is 0. The van der Waals surface area contributed by atoms with Crippen molar-refractivity contribution < 1.29 is 0 Å². The van der Waals surface area contributed by atoms with Gasteiger partial charge in [0.05, 0.1) is 6.20 Å². The molecule has 17 heavy (non-hydrogen) atoms. The van der Waals surface area contributed by atoms with Gasteiger partial charge in [-0.3, -0.25) is 0 Å². The van der Waals surface area contributed by atoms with Gasteiger partial charge in [0.1, 0.15) is 5.82 Å². The highest BCUT2D eigenvalue weighted by molar-refractivity contribution is 5.52. The molecule has 1 atom stereocenters. The van der Waals surface area contributed by atoms with Crippen molar-refractivity contribution in [2.24, 2.45) is 5.92 Å². The summed E-state index contributed by atoms with van der Waals surface area (Å²) in [4.78, 5) is 4.65. The highest BCUT2D eigenvalue weighted by Crippen LogP contribution is 2.18. The third kappa shape index (κ3) is 1.86. The number of aryl methyl sites for hydroxylation is 1. The van der Waals surface area contributed by atoms with Crippen molar-refractivity contribution in [1.29, 1.82) is 0 Å². The summed E-state index contributed by atoms with van der Waals surface area (Å²) in [7, 11) is 0. The molecule has 0 saturated carbocycles. The Morgan fingerprint density at radius 2 is 2.47 bits per heavy atom. The van der Waals surface area contributed by atoms with E-state index in [2.05, 4.69) is 15.4 Å². The van der Waals surface area contributed by atoms with E-state index in [-0.39, 0.29) is 0 Å². The van der Waals surface area contributed by atoms with Crippen LogP contribution < -0.4 is 11.1 Å². The number of nitrogens with one attached hydrogen (secondary N) is 1. The van der Waals surface area contributed by atoms with Gasteiger partial charge in [0.2, 0.25) is 0 Å². The van der Waals surface area contributed by atoms with Gasteiger partial charge in [0.25, 0.3) is 0 Å². The maximum Gasteiger partial charge on any atom is 0.160 e. The second-order valence-corrected chi connectivity index (χ2v) is 4.80. The van der Waals surface area contributed by atoms with E-state index in [4.69, 9.17) is 5.73 Å². The van der Waals surface area contributed by atoms with Crippen molar-refractivity contribution in [3.63, 3.8) is 0 Å². The maximum atomic E-state index is 5.99. The zero-order valence-corrected chi connectivity index (χ0v) is 9.98. The zero-order chi connectivity index (χ0) is 11.8. The summed E-state index contributed by atoms with van der Waals surface area (Å²) in [6.45, 7) is 4.22. The van der Waals surface area contributed by atoms with E-state index >= 15 is 0 Å². The van der Waals surface area contributed by atoms with Gasteiger partial charge < -0.3 is 11.1 Å². The van der Waals surface area contributed by atoms with Crippen LogP contribution in [-0.4, -0.2) is 27.7 Å². The molecule has 3 heterocycles. The quantitative estimate of drug-likeness (QED) is 0.801. The third-order valence-electron chi connectivity index (χ3n) is 3.39. The van der Waals surface area contributed by atoms with Crippen molar-refractivity contribution in [2.45, 2.75) is 19.8 Å². The van der Waals surface area contributed by atoms with Crippen molar-refractivity contribution in [3.8, 4) is 0 Å². The Balaban J connectivity index is 1.96. The summed E-state index contributed by atoms with van der Waals surface area (Å²) in [6, 6.07) is 1.94. The number of hydrogen-bond donors (Lipinski definition) is 2. The SMILES string of the molecule is Cc1cnn2c(N)cc(C[C@H]3CCNC3)nc12. The van der Waals surface area contributed by atoms with Gasteiger partial charge in [-0.05, 0) is 38.8 Å². The molecule has 1 aliphatic heterocycles. The van der Waals surface area contributed by atoms with E-state index in [1.54, 1.807) is 10.7 Å². The Labute approximate surface area is 100 Å². The Hall–Kier alpha value is -1.62. The van der Waals surface area contributed by atoms with E-state index in [0.717, 1.165) is 36.4 Å². The summed E-state index contributed by atoms with van der Waals surface area (Å²) in [5.41, 5.74) is 9.02. The Kier molecular flexibility index (Phi) is 2.48. The van der Waals surface area contributed by atoms with E-state index in [1.165, 1.54) is 6.42 Å². The second kappa shape index (κ2) is 4.00. The molecule has 1 aliphatic rings. The van der Waals surface area contributed by atoms with Gasteiger partial charge in [-0.15, -0.1) is 0 Å². The smallest absolute Gasteiger partial charge is 0.160 e. The molecule has 0 bridgehead atoms. The predicted molar refractivity (Wildman–Crippen MR) is 66.8 cm³/mol. The first-order valence-electron chi connectivity index (χ1n) is 6.04. The van der Waals surface area contributed by atoms with E-state index in [1.807, 2.05) is 13.0 Å². The van der Waals surface area contributed by atoms with Crippen molar-refractivity contribution in [3.05, 3.63) is 23.5 Å². The minimum Gasteiger partial charge on any atom is -0.384 e. The summed E-state index contributed by atoms with van der Waals surface area (Å²) in [5.74, 6) is 1.36. The van der Waals surface area contributed by atoms with Crippen molar-refractivity contribution in [1.82, 2.24) is 19.9 Å². The Bertz CT molecular complexity index is 539. The Morgan fingerprint density at radius 1 is 1.59 bits per heavy atom. The molecule has 2 aromatic heterocycles. The number of nitrogens with zero attached hydrogens (tertiary/aromatic N) is 3. The highest BCUT2D eigenvalue weighted by atomic mass is 15.3. The third-order valence-corrected chi connectivity index (χ3v) is 3.39. The number of fused-ring (bicyclic) bond motifs is 1. The molecule has 0 aromatic carbocycles. The average Bonchev–Trinajstić information content (AvgIpc) is 2.90. The predicted octanol–water partition coefficient (Wildman–Crippen LogP) is 0.772. The van der Waals surface area contributed by atoms with Crippen LogP contribution in [0.15, 0.2) is 12.3 Å². The average molecular weight is 231 g/mol. The molecule has 3 rings (SSSR count). The van der Waals surface area contributed by atoms with Gasteiger partial charge in [-0.1, -0.05) is 0 Å². The molecule has 0 aliphatic carbocycles. The summed E-state index contributed by atoms with van der Waals surface area (Å²) in [5, 5.41) is 7.58. The largest absolute Gasteiger partial charge is 0.384 e. The summed E-state index contributed by atoms with van der Waals surface area (Å²) in [6.07, 6.45) is 4.03. The molecule has 90 valence electrons. The van der Waals surface area contributed by atoms with Crippen LogP contribution in [-0.2, 0) is 6.42 Å². The molecule has 5 heteroatoms. The molecular formula is C12H17N5. The van der Waals surface area contributed by atoms with Crippen LogP contribution in [0.3, 0.4) is 0 Å². The lowest BCUT2D eigenvalue weighted by atomic mass is 10.0. The number of anilines is 1. The number of hydrogen-bond acceptors (Lipinski definition) is 4. The van der Waals surface area contributed by atoms with Crippen LogP contribution >= 0.6 is 0 Å². The lowest BCUT2D eigenvalue weighted by molar-refractivity contribution is 0.572. The van der Waals surface area contributed by atoms with Crippen LogP contribution in [0.25, 0.3) is 5.65 Å². The maximum absolute atomic E-state index is 5.99. The molecule has 0 spiro atoms. The van der Waals surface area contributed by atoms with Gasteiger partial charge in [-0.2, -0.15) is 9.61 Å². The minimum atomic E-state index is 0.670. The highest BCUT2D eigenvalue weighted by Gasteiger charge is 2.16. The number of nitrogen functional groups attached to an aromatic ring is 1. The van der Waals surface area contributed by atoms with Crippen LogP contribution in [0, 0.1) is 12.8 Å². The fraction of sp³-hybridized carbons (Fsp3) is 0.500. The Morgan fingerprint density at radius 3 is 3.24 bits per heavy atom. The molecule has 3 N–H and O–H groups in total. The molecule has 0 unspecified atom stereocenters. The van der Waals surface area contributed by atoms with Gasteiger partial charge in [0, 0.05) is 17.3 Å². The van der Waals surface area contributed by atoms with Crippen LogP contribution in [0.5, 0.6) is 0 Å². The van der Waals surface area contributed by atoms with Gasteiger partial charge in [0.15, 0.2) is 5.65 Å². The molecule has 2 aromatic rings. The molecule has 1 saturated heterocycles. The molecular weight excluding hydrogens is 214 g/mol. The minimum absolute atomic E-state index is 0.670. The second-order valence-electron chi connectivity index (χ2n) is 4.80. The summed E-state index contributed by atoms with van der Waals surface area (Å²) < 4.78 is 1.70. The zero-order valence-electron chi connectivity index (χ0n) is 9.98. The standard InChI is InChI=1S/C12H17N5/c1-8-6-15-17-11(13)5-10(16-12(8)17)4-9-2-3-14-7-9/h5-6,9,14H,2-4,7,13H2,1H3/t9-/m1/s1. The normalized spacial score (nSPS) is 20.2. The lowest BCUT2D eigenvalue weighted by Gasteiger charge is -2.09. The topological polar surface area (TPSA) is 68.2 Å². The van der Waals surface area contributed by atoms with Crippen LogP contribution in [0.1, 0.15) is 17.7 Å². The fourth-order valence-corrected chi connectivity index (χ4v) is 2.44. The number of nitrogens with two attached hydrogens (primary N) is 1. The van der Waals surface area contributed by atoms with Crippen molar-refractivity contribution >= 4 is 11.5 Å². The molecule has 1 fully saturated rings. The van der Waals surface area contributed by atoms with Crippen LogP contribution in [0.4, 0.5) is 5.82 Å². The first-order chi connectivity index (χ1) is 8.24. The monoisotopic (exact) mass is 231 g/mol. The van der Waals surface area contributed by atoms with E-state index in [9.17, 15) is 0 Å². The molecule has 5 nitrogen and oxygen atoms in total. The number of rotatable bonds is 2. The lowest BCUT2D eigenvalue weighted by Crippen LogP contribution is -2.12. The molecule has 0 amide bonds.